The van der Waals surface area contributed by atoms with Crippen LogP contribution in [0.1, 0.15) is 69.2 Å². The molecule has 4 unspecified atom stereocenters. The van der Waals surface area contributed by atoms with Crippen LogP contribution in [-0.4, -0.2) is 21.6 Å². The van der Waals surface area contributed by atoms with Crippen LogP contribution in [0.2, 0.25) is 0 Å². The van der Waals surface area contributed by atoms with Crippen LogP contribution in [0.4, 0.5) is 0 Å². The molecule has 0 saturated heterocycles. The van der Waals surface area contributed by atoms with Gasteiger partial charge in [0.05, 0.1) is 0 Å². The van der Waals surface area contributed by atoms with E-state index in [9.17, 15) is 0 Å². The molecule has 0 fully saturated rings. The zero-order chi connectivity index (χ0) is 21.0. The second-order valence-electron chi connectivity index (χ2n) is 10.4. The fourth-order valence-corrected chi connectivity index (χ4v) is 11.7. The predicted octanol–water partition coefficient (Wildman–Crippen LogP) is 2.49. The fourth-order valence-electron chi connectivity index (χ4n) is 4.86. The third-order valence-corrected chi connectivity index (χ3v) is 12.1. The molecular weight excluding hydrogens is 628 g/mol. The fraction of sp³-hybridized carbons (Fsp3) is 0.538. The van der Waals surface area contributed by atoms with Gasteiger partial charge in [-0.3, -0.25) is 0 Å². The Morgan fingerprint density at radius 1 is 0.656 bits per heavy atom. The van der Waals surface area contributed by atoms with Crippen LogP contribution in [0.5, 0.6) is 0 Å². The molecule has 4 atom stereocenters. The number of halogens is 2. The van der Waals surface area contributed by atoms with Gasteiger partial charge in [0.2, 0.25) is 0 Å². The standard InChI is InChI=1S/2C13H18P.2ClH.2Zr/c2*1-9-6-11-8-10(2)14(12(11)7-9)13(3,4)5;;;;/h2*7-8,10H,1-5H3;2*1H;;/q2*-1;;;2*+2/p-2. The Morgan fingerprint density at radius 3 is 1.19 bits per heavy atom. The van der Waals surface area contributed by atoms with Gasteiger partial charge in [0.25, 0.3) is 0 Å². The van der Waals surface area contributed by atoms with Gasteiger partial charge in [-0.25, -0.2) is 0 Å². The molecule has 0 radical (unpaired) electrons. The number of rotatable bonds is 0. The molecule has 0 amide bonds. The molecule has 4 aliphatic rings. The van der Waals surface area contributed by atoms with Crippen molar-refractivity contribution in [2.45, 2.75) is 90.9 Å². The Bertz CT molecular complexity index is 793. The number of allylic oxidation sites excluding steroid dienone is 12. The third kappa shape index (κ3) is 7.82. The van der Waals surface area contributed by atoms with E-state index in [1.54, 1.807) is 10.6 Å². The molecule has 0 N–H and O–H groups in total. The van der Waals surface area contributed by atoms with Gasteiger partial charge < -0.3 is 24.8 Å². The predicted molar refractivity (Wildman–Crippen MR) is 129 cm³/mol. The maximum atomic E-state index is 3.45. The maximum absolute atomic E-state index is 3.45. The van der Waals surface area contributed by atoms with Crippen molar-refractivity contribution in [3.8, 4) is 0 Å². The van der Waals surface area contributed by atoms with Crippen molar-refractivity contribution in [1.82, 2.24) is 0 Å². The molecule has 6 heteroatoms. The quantitative estimate of drug-likeness (QED) is 0.276. The van der Waals surface area contributed by atoms with E-state index in [-0.39, 0.29) is 93.1 Å². The molecule has 0 bridgehead atoms. The van der Waals surface area contributed by atoms with E-state index in [1.807, 2.05) is 0 Å². The molecule has 4 rings (SSSR count). The molecule has 0 nitrogen and oxygen atoms in total. The second kappa shape index (κ2) is 13.3. The molecular formula is C26H36Cl2P2Zr2. The zero-order valence-electron chi connectivity index (χ0n) is 21.1. The first kappa shape index (κ1) is 35.8. The third-order valence-electron chi connectivity index (χ3n) is 5.52. The molecule has 0 saturated carbocycles. The largest absolute Gasteiger partial charge is 2.00 e. The molecule has 2 aliphatic heterocycles. The molecule has 0 spiro atoms. The summed E-state index contributed by atoms with van der Waals surface area (Å²) in [6.07, 6.45) is 16.4. The van der Waals surface area contributed by atoms with Gasteiger partial charge in [-0.15, -0.1) is 49.8 Å². The monoisotopic (exact) mass is 660 g/mol. The SMILES string of the molecule is CC1=[C-]C2=CC(C)P(C(C)(C)C)C2=C1.CC1=[C-]C2=CC(C)P(C(C)(C)C)C2=C1.[Cl-].[Cl-].[Zr+2].[Zr+2]. The van der Waals surface area contributed by atoms with Crippen LogP contribution in [-0.2, 0) is 52.4 Å². The molecule has 0 aromatic heterocycles. The smallest absolute Gasteiger partial charge is 1.00 e. The van der Waals surface area contributed by atoms with Crippen molar-refractivity contribution in [3.63, 3.8) is 0 Å². The van der Waals surface area contributed by atoms with Gasteiger partial charge in [-0.1, -0.05) is 69.2 Å². The van der Waals surface area contributed by atoms with Gasteiger partial charge in [0.15, 0.2) is 0 Å². The Hall–Kier alpha value is 1.65. The van der Waals surface area contributed by atoms with Crippen LogP contribution in [0.15, 0.2) is 57.2 Å². The number of hydrogen-bond acceptors (Lipinski definition) is 0. The van der Waals surface area contributed by atoms with E-state index in [2.05, 4.69) is 106 Å². The molecule has 172 valence electrons. The summed E-state index contributed by atoms with van der Waals surface area (Å²) >= 11 is 0. The van der Waals surface area contributed by atoms with E-state index >= 15 is 0 Å². The first-order chi connectivity index (χ1) is 12.8. The first-order valence-corrected chi connectivity index (χ1v) is 13.3. The van der Waals surface area contributed by atoms with Crippen molar-refractivity contribution >= 4 is 15.8 Å². The van der Waals surface area contributed by atoms with E-state index in [4.69, 9.17) is 0 Å². The average molecular weight is 664 g/mol. The maximum Gasteiger partial charge on any atom is 2.00 e. The summed E-state index contributed by atoms with van der Waals surface area (Å²) < 4.78 is 0. The minimum absolute atomic E-state index is 0. The van der Waals surface area contributed by atoms with Gasteiger partial charge in [-0.05, 0) is 21.6 Å². The van der Waals surface area contributed by atoms with Crippen LogP contribution in [0.3, 0.4) is 0 Å². The Kier molecular flexibility index (Phi) is 14.8. The summed E-state index contributed by atoms with van der Waals surface area (Å²) in [7, 11) is -0.0584. The van der Waals surface area contributed by atoms with Crippen molar-refractivity contribution < 1.29 is 77.2 Å². The molecule has 0 aromatic carbocycles. The van der Waals surface area contributed by atoms with E-state index in [0.717, 1.165) is 11.3 Å². The van der Waals surface area contributed by atoms with Crippen molar-refractivity contribution in [1.29, 1.82) is 0 Å². The van der Waals surface area contributed by atoms with Gasteiger partial charge in [0.1, 0.15) is 0 Å². The normalized spacial score (nSPS) is 27.2. The number of hydrogen-bond donors (Lipinski definition) is 0. The molecule has 2 heterocycles. The molecule has 2 aliphatic carbocycles. The Balaban J connectivity index is 0. The first-order valence-electron chi connectivity index (χ1n) is 10.5. The summed E-state index contributed by atoms with van der Waals surface area (Å²) in [6.45, 7) is 23.2. The summed E-state index contributed by atoms with van der Waals surface area (Å²) in [5.74, 6) is 0. The van der Waals surface area contributed by atoms with Crippen molar-refractivity contribution in [2.24, 2.45) is 0 Å². The van der Waals surface area contributed by atoms with E-state index < -0.39 is 0 Å². The Labute approximate surface area is 251 Å². The van der Waals surface area contributed by atoms with Crippen LogP contribution < -0.4 is 24.8 Å². The number of fused-ring (bicyclic) bond motifs is 2. The summed E-state index contributed by atoms with van der Waals surface area (Å²) in [6, 6.07) is 0. The Morgan fingerprint density at radius 2 is 0.938 bits per heavy atom. The minimum Gasteiger partial charge on any atom is -1.00 e. The molecule has 0 aromatic rings. The summed E-state index contributed by atoms with van der Waals surface area (Å²) in [5, 5.41) is 4.01. The van der Waals surface area contributed by atoms with Crippen LogP contribution >= 0.6 is 15.8 Å². The summed E-state index contributed by atoms with van der Waals surface area (Å²) in [5.41, 5.74) is 6.83. The summed E-state index contributed by atoms with van der Waals surface area (Å²) in [4.78, 5) is 0. The van der Waals surface area contributed by atoms with Crippen molar-refractivity contribution in [3.05, 3.63) is 69.4 Å². The second-order valence-corrected chi connectivity index (χ2v) is 17.2. The van der Waals surface area contributed by atoms with E-state index in [1.165, 1.54) is 22.3 Å². The van der Waals surface area contributed by atoms with Crippen LogP contribution in [0.25, 0.3) is 0 Å². The molecule has 32 heavy (non-hydrogen) atoms. The van der Waals surface area contributed by atoms with Gasteiger partial charge in [0, 0.05) is 0 Å². The van der Waals surface area contributed by atoms with Crippen molar-refractivity contribution in [2.75, 3.05) is 0 Å². The van der Waals surface area contributed by atoms with Gasteiger partial charge in [-0.2, -0.15) is 35.5 Å². The van der Waals surface area contributed by atoms with E-state index in [0.29, 0.717) is 10.3 Å². The minimum atomic E-state index is -0.0292. The average Bonchev–Trinajstić information content (AvgIpc) is 3.14. The van der Waals surface area contributed by atoms with Crippen LogP contribution in [0, 0.1) is 12.2 Å². The topological polar surface area (TPSA) is 0 Å². The zero-order valence-corrected chi connectivity index (χ0v) is 29.3. The van der Waals surface area contributed by atoms with Gasteiger partial charge >= 0.3 is 52.4 Å².